The van der Waals surface area contributed by atoms with Crippen molar-refractivity contribution in [3.63, 3.8) is 0 Å². The molecule has 0 atom stereocenters. The second-order valence-electron chi connectivity index (χ2n) is 5.32. The molecule has 7 heteroatoms. The van der Waals surface area contributed by atoms with Gasteiger partial charge in [-0.3, -0.25) is 4.79 Å². The summed E-state index contributed by atoms with van der Waals surface area (Å²) in [5.41, 5.74) is 7.58. The van der Waals surface area contributed by atoms with Gasteiger partial charge in [-0.1, -0.05) is 24.3 Å². The highest BCUT2D eigenvalue weighted by atomic mass is 16.5. The zero-order valence-corrected chi connectivity index (χ0v) is 13.2. The van der Waals surface area contributed by atoms with Crippen LogP contribution in [0.25, 0.3) is 11.4 Å². The lowest BCUT2D eigenvalue weighted by Gasteiger charge is -2.05. The molecule has 1 heterocycles. The van der Waals surface area contributed by atoms with Crippen molar-refractivity contribution >= 4 is 5.91 Å². The van der Waals surface area contributed by atoms with Crippen molar-refractivity contribution < 1.29 is 9.53 Å². The maximum absolute atomic E-state index is 11.1. The number of ether oxygens (including phenoxy) is 1. The van der Waals surface area contributed by atoms with E-state index in [0.29, 0.717) is 24.5 Å². The van der Waals surface area contributed by atoms with Crippen molar-refractivity contribution in [1.29, 1.82) is 0 Å². The monoisotopic (exact) mass is 323 g/mol. The summed E-state index contributed by atoms with van der Waals surface area (Å²) in [6, 6.07) is 14.6. The van der Waals surface area contributed by atoms with Gasteiger partial charge in [-0.25, -0.2) is 0 Å². The van der Waals surface area contributed by atoms with Crippen LogP contribution in [-0.2, 0) is 6.54 Å². The predicted octanol–water partition coefficient (Wildman–Crippen LogP) is 1.83. The topological polar surface area (TPSA) is 95.9 Å². The first-order valence-corrected chi connectivity index (χ1v) is 7.49. The zero-order chi connectivity index (χ0) is 16.9. The van der Waals surface area contributed by atoms with Crippen LogP contribution >= 0.6 is 0 Å². The van der Waals surface area contributed by atoms with Crippen LogP contribution in [0.2, 0.25) is 0 Å². The van der Waals surface area contributed by atoms with Crippen LogP contribution in [0, 0.1) is 6.92 Å². The fraction of sp³-hybridized carbons (Fsp3) is 0.176. The van der Waals surface area contributed by atoms with E-state index in [9.17, 15) is 4.79 Å². The van der Waals surface area contributed by atoms with E-state index in [1.54, 1.807) is 24.3 Å². The summed E-state index contributed by atoms with van der Waals surface area (Å²) in [6.45, 7) is 2.95. The molecule has 3 aromatic rings. The molecule has 3 rings (SSSR count). The molecular formula is C17H17N5O2. The molecule has 0 aliphatic carbocycles. The molecule has 24 heavy (non-hydrogen) atoms. The molecule has 1 aromatic heterocycles. The fourth-order valence-corrected chi connectivity index (χ4v) is 2.19. The number of hydrogen-bond acceptors (Lipinski definition) is 5. The van der Waals surface area contributed by atoms with Gasteiger partial charge < -0.3 is 10.5 Å². The van der Waals surface area contributed by atoms with Crippen molar-refractivity contribution in [2.75, 3.05) is 6.61 Å². The number of primary amides is 1. The molecule has 0 saturated carbocycles. The summed E-state index contributed by atoms with van der Waals surface area (Å²) >= 11 is 0. The highest BCUT2D eigenvalue weighted by Gasteiger charge is 2.07. The van der Waals surface area contributed by atoms with Crippen LogP contribution in [0.3, 0.4) is 0 Å². The maximum Gasteiger partial charge on any atom is 0.248 e. The van der Waals surface area contributed by atoms with Gasteiger partial charge in [0, 0.05) is 11.1 Å². The second kappa shape index (κ2) is 6.91. The third kappa shape index (κ3) is 3.75. The van der Waals surface area contributed by atoms with Gasteiger partial charge >= 0.3 is 0 Å². The minimum atomic E-state index is -0.466. The SMILES string of the molecule is Cc1cccc(OCCn2nnc(-c3ccc(C(N)=O)cc3)n2)c1. The number of amides is 1. The van der Waals surface area contributed by atoms with E-state index in [0.717, 1.165) is 16.9 Å². The number of carbonyl (C=O) groups excluding carboxylic acids is 1. The molecule has 0 radical (unpaired) electrons. The predicted molar refractivity (Wildman–Crippen MR) is 88.4 cm³/mol. The number of carbonyl (C=O) groups is 1. The number of hydrogen-bond donors (Lipinski definition) is 1. The largest absolute Gasteiger partial charge is 0.492 e. The Balaban J connectivity index is 1.60. The Kier molecular flexibility index (Phi) is 4.51. The first-order chi connectivity index (χ1) is 11.6. The number of rotatable bonds is 6. The fourth-order valence-electron chi connectivity index (χ4n) is 2.19. The molecule has 122 valence electrons. The molecule has 2 N–H and O–H groups in total. The van der Waals surface area contributed by atoms with Gasteiger partial charge in [0.2, 0.25) is 11.7 Å². The Morgan fingerprint density at radius 3 is 2.71 bits per heavy atom. The summed E-state index contributed by atoms with van der Waals surface area (Å²) in [5, 5.41) is 12.3. The first-order valence-electron chi connectivity index (χ1n) is 7.49. The summed E-state index contributed by atoms with van der Waals surface area (Å²) in [7, 11) is 0. The Bertz CT molecular complexity index is 842. The van der Waals surface area contributed by atoms with Crippen LogP contribution in [0.15, 0.2) is 48.5 Å². The minimum absolute atomic E-state index is 0.442. The van der Waals surface area contributed by atoms with E-state index in [1.165, 1.54) is 4.80 Å². The molecule has 0 aliphatic rings. The van der Waals surface area contributed by atoms with Crippen LogP contribution < -0.4 is 10.5 Å². The summed E-state index contributed by atoms with van der Waals surface area (Å²) < 4.78 is 5.67. The Morgan fingerprint density at radius 2 is 2.00 bits per heavy atom. The third-order valence-corrected chi connectivity index (χ3v) is 3.43. The van der Waals surface area contributed by atoms with Crippen molar-refractivity contribution in [3.8, 4) is 17.1 Å². The second-order valence-corrected chi connectivity index (χ2v) is 5.32. The minimum Gasteiger partial charge on any atom is -0.492 e. The van der Waals surface area contributed by atoms with E-state index >= 15 is 0 Å². The number of benzene rings is 2. The zero-order valence-electron chi connectivity index (χ0n) is 13.2. The van der Waals surface area contributed by atoms with Gasteiger partial charge in [-0.15, -0.1) is 10.2 Å². The Hall–Kier alpha value is -3.22. The summed E-state index contributed by atoms with van der Waals surface area (Å²) in [5.74, 6) is 0.838. The summed E-state index contributed by atoms with van der Waals surface area (Å²) in [6.07, 6.45) is 0. The van der Waals surface area contributed by atoms with Gasteiger partial charge in [0.05, 0.1) is 6.54 Å². The maximum atomic E-state index is 11.1. The van der Waals surface area contributed by atoms with E-state index < -0.39 is 5.91 Å². The quantitative estimate of drug-likeness (QED) is 0.746. The van der Waals surface area contributed by atoms with E-state index in [1.807, 2.05) is 31.2 Å². The first kappa shape index (κ1) is 15.7. The standard InChI is InChI=1S/C17H17N5O2/c1-12-3-2-4-15(11-12)24-10-9-22-20-17(19-21-22)14-7-5-13(6-8-14)16(18)23/h2-8,11H,9-10H2,1H3,(H2,18,23). The smallest absolute Gasteiger partial charge is 0.248 e. The molecule has 0 saturated heterocycles. The number of nitrogens with two attached hydrogens (primary N) is 1. The lowest BCUT2D eigenvalue weighted by molar-refractivity contribution is 0.100. The lowest BCUT2D eigenvalue weighted by Crippen LogP contribution is -2.11. The van der Waals surface area contributed by atoms with E-state index in [-0.39, 0.29) is 0 Å². The van der Waals surface area contributed by atoms with Crippen LogP contribution in [0.1, 0.15) is 15.9 Å². The molecule has 0 bridgehead atoms. The molecule has 0 unspecified atom stereocenters. The average Bonchev–Trinajstić information content (AvgIpc) is 3.04. The van der Waals surface area contributed by atoms with Crippen LogP contribution in [-0.4, -0.2) is 32.7 Å². The third-order valence-electron chi connectivity index (χ3n) is 3.43. The van der Waals surface area contributed by atoms with Crippen molar-refractivity contribution in [1.82, 2.24) is 20.2 Å². The van der Waals surface area contributed by atoms with E-state index in [4.69, 9.17) is 10.5 Å². The normalized spacial score (nSPS) is 10.5. The van der Waals surface area contributed by atoms with Crippen molar-refractivity contribution in [3.05, 3.63) is 59.7 Å². The van der Waals surface area contributed by atoms with Gasteiger partial charge in [0.1, 0.15) is 12.4 Å². The molecule has 0 spiro atoms. The van der Waals surface area contributed by atoms with Gasteiger partial charge in [0.25, 0.3) is 0 Å². The molecule has 0 aliphatic heterocycles. The number of aryl methyl sites for hydroxylation is 1. The number of tetrazole rings is 1. The number of nitrogens with zero attached hydrogens (tertiary/aromatic N) is 4. The lowest BCUT2D eigenvalue weighted by atomic mass is 10.1. The van der Waals surface area contributed by atoms with Crippen molar-refractivity contribution in [2.24, 2.45) is 5.73 Å². The summed E-state index contributed by atoms with van der Waals surface area (Å²) in [4.78, 5) is 12.5. The highest BCUT2D eigenvalue weighted by molar-refractivity contribution is 5.93. The van der Waals surface area contributed by atoms with Gasteiger partial charge in [-0.2, -0.15) is 4.80 Å². The highest BCUT2D eigenvalue weighted by Crippen LogP contribution is 2.15. The Labute approximate surface area is 139 Å². The van der Waals surface area contributed by atoms with E-state index in [2.05, 4.69) is 15.4 Å². The molecule has 0 fully saturated rings. The van der Waals surface area contributed by atoms with Gasteiger partial charge in [-0.05, 0) is 42.0 Å². The van der Waals surface area contributed by atoms with Crippen molar-refractivity contribution in [2.45, 2.75) is 13.5 Å². The molecule has 2 aromatic carbocycles. The molecular weight excluding hydrogens is 306 g/mol. The van der Waals surface area contributed by atoms with Gasteiger partial charge in [0.15, 0.2) is 0 Å². The Morgan fingerprint density at radius 1 is 1.21 bits per heavy atom. The molecule has 7 nitrogen and oxygen atoms in total. The molecule has 1 amide bonds. The van der Waals surface area contributed by atoms with Crippen LogP contribution in [0.5, 0.6) is 5.75 Å². The average molecular weight is 323 g/mol. The number of aromatic nitrogens is 4. The van der Waals surface area contributed by atoms with Crippen LogP contribution in [0.4, 0.5) is 0 Å².